The second kappa shape index (κ2) is 26.8. The van der Waals surface area contributed by atoms with E-state index in [-0.39, 0.29) is 45.2 Å². The van der Waals surface area contributed by atoms with Gasteiger partial charge in [0.25, 0.3) is 0 Å². The molecule has 65 heavy (non-hydrogen) atoms. The number of carboxylic acid groups (broad SMARTS) is 2. The minimum Gasteiger partial charge on any atom is -0.481 e. The van der Waals surface area contributed by atoms with Gasteiger partial charge < -0.3 is 73.0 Å². The van der Waals surface area contributed by atoms with Gasteiger partial charge in [0.15, 0.2) is 0 Å². The second-order valence-electron chi connectivity index (χ2n) is 15.4. The maximum atomic E-state index is 13.9. The van der Waals surface area contributed by atoms with Gasteiger partial charge in [0, 0.05) is 25.9 Å². The molecule has 1 aromatic carbocycles. The number of nitrogens with zero attached hydrogens (tertiary/aromatic N) is 2. The van der Waals surface area contributed by atoms with E-state index in [0.29, 0.717) is 17.7 Å². The van der Waals surface area contributed by atoms with Crippen molar-refractivity contribution in [2.45, 2.75) is 99.7 Å². The summed E-state index contributed by atoms with van der Waals surface area (Å²) < 4.78 is 0. The van der Waals surface area contributed by atoms with Crippen LogP contribution < -0.4 is 37.6 Å². The smallest absolute Gasteiger partial charge is 0.326 e. The molecular formula is C40H59N9O15S. The van der Waals surface area contributed by atoms with Crippen LogP contribution in [0.5, 0.6) is 0 Å². The molecule has 0 spiro atoms. The van der Waals surface area contributed by atoms with Crippen LogP contribution in [0.3, 0.4) is 0 Å². The molecule has 0 aliphatic carbocycles. The summed E-state index contributed by atoms with van der Waals surface area (Å²) in [4.78, 5) is 132. The topological polar surface area (TPSA) is 377 Å². The number of hydrogen-bond donors (Lipinski definition) is 12. The predicted octanol–water partition coefficient (Wildman–Crippen LogP) is -5.24. The van der Waals surface area contributed by atoms with E-state index in [0.717, 1.165) is 4.90 Å². The lowest BCUT2D eigenvalue weighted by atomic mass is 10.0. The number of aliphatic hydroxyl groups excluding tert-OH is 3. The van der Waals surface area contributed by atoms with E-state index in [9.17, 15) is 73.5 Å². The van der Waals surface area contributed by atoms with Crippen molar-refractivity contribution < 1.29 is 73.5 Å². The molecule has 0 saturated carbocycles. The average molecular weight is 938 g/mol. The Hall–Kier alpha value is -5.89. The van der Waals surface area contributed by atoms with Crippen LogP contribution >= 0.6 is 11.8 Å². The molecule has 2 saturated heterocycles. The molecule has 24 nitrogen and oxygen atoms in total. The zero-order chi connectivity index (χ0) is 48.2. The van der Waals surface area contributed by atoms with Gasteiger partial charge in [-0.1, -0.05) is 30.3 Å². The first-order chi connectivity index (χ1) is 30.9. The first kappa shape index (κ1) is 53.4. The molecule has 0 unspecified atom stereocenters. The number of benzene rings is 1. The van der Waals surface area contributed by atoms with Crippen LogP contribution in [-0.4, -0.2) is 194 Å². The minimum atomic E-state index is -1.66. The maximum absolute atomic E-state index is 13.9. The predicted molar refractivity (Wildman–Crippen MR) is 229 cm³/mol. The number of likely N-dealkylation sites (tertiary alicyclic amines) is 2. The van der Waals surface area contributed by atoms with Crippen LogP contribution in [-0.2, 0) is 54.4 Å². The lowest BCUT2D eigenvalue weighted by Crippen LogP contribution is -2.60. The van der Waals surface area contributed by atoms with Gasteiger partial charge in [0.2, 0.25) is 47.3 Å². The molecule has 2 fully saturated rings. The first-order valence-corrected chi connectivity index (χ1v) is 22.3. The first-order valence-electron chi connectivity index (χ1n) is 20.9. The number of carbonyl (C=O) groups is 10. The van der Waals surface area contributed by atoms with E-state index in [1.807, 2.05) is 0 Å². The number of carboxylic acids is 2. The molecule has 3 rings (SSSR count). The number of aliphatic carboxylic acids is 2. The third-order valence-electron chi connectivity index (χ3n) is 10.7. The van der Waals surface area contributed by atoms with E-state index in [2.05, 4.69) is 31.9 Å². The van der Waals surface area contributed by atoms with Crippen LogP contribution in [0.4, 0.5) is 0 Å². The SMILES string of the molecule is CSCC[C@H](NC(=O)CNC(=O)[C@H](CO)NC(=O)[C@H](Cc1ccccc1)NC(=O)[C@H](CCC(=O)O)NC(=O)[C@@H]1CCCN1C(=O)[C@H](CO)NC(=O)[C@@H]1CCCN1C(=O)[C@@H](N)CO)C(=O)O. The number of nitrogens with one attached hydrogen (secondary N) is 6. The molecule has 0 aromatic heterocycles. The van der Waals surface area contributed by atoms with Gasteiger partial charge in [-0.05, 0) is 56.1 Å². The Balaban J connectivity index is 1.75. The summed E-state index contributed by atoms with van der Waals surface area (Å²) in [7, 11) is 0. The number of rotatable bonds is 26. The van der Waals surface area contributed by atoms with Crippen molar-refractivity contribution >= 4 is 71.0 Å². The molecule has 8 amide bonds. The standard InChI is InChI=1S/C40H59N9O15S/c1-65-16-13-25(40(63)64)43-31(53)18-42-33(56)27(20-51)46-35(58)26(17-22-7-3-2-4-8-22)45-34(57)24(11-12-32(54)55)44-36(59)30-10-6-15-49(30)39(62)28(21-52)47-37(60)29-9-5-14-48(29)38(61)23(41)19-50/h2-4,7-8,23-30,50-52H,5-6,9-21,41H2,1H3,(H,42,56)(H,43,53)(H,44,59)(H,45,57)(H,46,58)(H,47,60)(H,54,55)(H,63,64)/t23-,24-,25-,26-,27-,28-,29-,30-/m0/s1. The van der Waals surface area contributed by atoms with Crippen molar-refractivity contribution in [2.24, 2.45) is 5.73 Å². The van der Waals surface area contributed by atoms with E-state index in [1.165, 1.54) is 16.7 Å². The van der Waals surface area contributed by atoms with Crippen molar-refractivity contribution in [3.63, 3.8) is 0 Å². The number of aliphatic hydroxyl groups is 3. The monoisotopic (exact) mass is 937 g/mol. The third-order valence-corrected chi connectivity index (χ3v) is 11.3. The Kier molecular flexibility index (Phi) is 22.0. The molecule has 0 bridgehead atoms. The fraction of sp³-hybridized carbons (Fsp3) is 0.600. The normalized spacial score (nSPS) is 18.5. The Morgan fingerprint density at radius 3 is 1.77 bits per heavy atom. The zero-order valence-electron chi connectivity index (χ0n) is 35.8. The van der Waals surface area contributed by atoms with Crippen LogP contribution in [0.25, 0.3) is 0 Å². The Labute approximate surface area is 378 Å². The summed E-state index contributed by atoms with van der Waals surface area (Å²) in [6.45, 7) is -3.05. The molecule has 2 heterocycles. The summed E-state index contributed by atoms with van der Waals surface area (Å²) in [6, 6.07) is -2.88. The molecule has 2 aliphatic heterocycles. The summed E-state index contributed by atoms with van der Waals surface area (Å²) in [6.07, 6.45) is 1.57. The lowest BCUT2D eigenvalue weighted by Gasteiger charge is -2.31. The largest absolute Gasteiger partial charge is 0.481 e. The van der Waals surface area contributed by atoms with Gasteiger partial charge in [0.05, 0.1) is 26.4 Å². The van der Waals surface area contributed by atoms with Crippen LogP contribution in [0.2, 0.25) is 0 Å². The highest BCUT2D eigenvalue weighted by Crippen LogP contribution is 2.21. The molecule has 360 valence electrons. The molecular weight excluding hydrogens is 879 g/mol. The van der Waals surface area contributed by atoms with Gasteiger partial charge in [-0.2, -0.15) is 11.8 Å². The molecule has 25 heteroatoms. The van der Waals surface area contributed by atoms with Crippen LogP contribution in [0.15, 0.2) is 30.3 Å². The maximum Gasteiger partial charge on any atom is 0.326 e. The zero-order valence-corrected chi connectivity index (χ0v) is 36.6. The number of carbonyl (C=O) groups excluding carboxylic acids is 8. The summed E-state index contributed by atoms with van der Waals surface area (Å²) in [5.41, 5.74) is 6.18. The highest BCUT2D eigenvalue weighted by molar-refractivity contribution is 7.98. The Bertz CT molecular complexity index is 1860. The van der Waals surface area contributed by atoms with E-state index in [4.69, 9.17) is 5.73 Å². The molecule has 0 radical (unpaired) electrons. The summed E-state index contributed by atoms with van der Waals surface area (Å²) in [5, 5.41) is 62.5. The van der Waals surface area contributed by atoms with Gasteiger partial charge in [-0.25, -0.2) is 4.79 Å². The fourth-order valence-electron chi connectivity index (χ4n) is 7.18. The fourth-order valence-corrected chi connectivity index (χ4v) is 7.65. The number of hydrogen-bond acceptors (Lipinski definition) is 15. The summed E-state index contributed by atoms with van der Waals surface area (Å²) in [5.74, 6) is -9.28. The van der Waals surface area contributed by atoms with Gasteiger partial charge in [-0.3, -0.25) is 43.2 Å². The molecule has 1 aromatic rings. The molecule has 8 atom stereocenters. The highest BCUT2D eigenvalue weighted by atomic mass is 32.2. The Morgan fingerprint density at radius 2 is 1.23 bits per heavy atom. The van der Waals surface area contributed by atoms with E-state index in [1.54, 1.807) is 36.6 Å². The minimum absolute atomic E-state index is 0.000678. The van der Waals surface area contributed by atoms with E-state index < -0.39 is 147 Å². The number of thioether (sulfide) groups is 1. The van der Waals surface area contributed by atoms with Crippen LogP contribution in [0, 0.1) is 0 Å². The lowest BCUT2D eigenvalue weighted by molar-refractivity contribution is -0.145. The second-order valence-corrected chi connectivity index (χ2v) is 16.3. The van der Waals surface area contributed by atoms with Gasteiger partial charge in [-0.15, -0.1) is 0 Å². The quantitative estimate of drug-likeness (QED) is 0.0413. The van der Waals surface area contributed by atoms with Crippen molar-refractivity contribution in [1.82, 2.24) is 41.7 Å². The van der Waals surface area contributed by atoms with Crippen molar-refractivity contribution in [1.29, 1.82) is 0 Å². The van der Waals surface area contributed by atoms with Crippen molar-refractivity contribution in [2.75, 3.05) is 51.5 Å². The van der Waals surface area contributed by atoms with Crippen molar-refractivity contribution in [3.05, 3.63) is 35.9 Å². The van der Waals surface area contributed by atoms with Crippen LogP contribution in [0.1, 0.15) is 50.5 Å². The van der Waals surface area contributed by atoms with Gasteiger partial charge >= 0.3 is 11.9 Å². The van der Waals surface area contributed by atoms with Gasteiger partial charge in [0.1, 0.15) is 48.3 Å². The van der Waals surface area contributed by atoms with E-state index >= 15 is 0 Å². The average Bonchev–Trinajstić information content (AvgIpc) is 4.00. The summed E-state index contributed by atoms with van der Waals surface area (Å²) >= 11 is 1.37. The Morgan fingerprint density at radius 1 is 0.677 bits per heavy atom. The highest BCUT2D eigenvalue weighted by Gasteiger charge is 2.42. The molecule has 13 N–H and O–H groups in total. The molecule has 2 aliphatic rings. The number of nitrogens with two attached hydrogens (primary N) is 1. The third kappa shape index (κ3) is 16.2. The van der Waals surface area contributed by atoms with Crippen molar-refractivity contribution in [3.8, 4) is 0 Å². The number of amides is 8.